The summed E-state index contributed by atoms with van der Waals surface area (Å²) in [5.74, 6) is 0.537. The molecule has 0 aliphatic heterocycles. The number of hydrogen-bond donors (Lipinski definition) is 0. The van der Waals surface area contributed by atoms with Crippen molar-refractivity contribution in [2.24, 2.45) is 0 Å². The predicted octanol–water partition coefficient (Wildman–Crippen LogP) is 3.54. The van der Waals surface area contributed by atoms with Crippen LogP contribution in [0.15, 0.2) is 41.3 Å². The summed E-state index contributed by atoms with van der Waals surface area (Å²) >= 11 is 3.31. The minimum Gasteiger partial charge on any atom is -0.327 e. The van der Waals surface area contributed by atoms with E-state index in [9.17, 15) is 4.39 Å². The summed E-state index contributed by atoms with van der Waals surface area (Å²) < 4.78 is 13.6. The van der Waals surface area contributed by atoms with Gasteiger partial charge in [0, 0.05) is 18.3 Å². The van der Waals surface area contributed by atoms with E-state index in [-0.39, 0.29) is 5.82 Å². The average molecular weight is 296 g/mol. The van der Waals surface area contributed by atoms with E-state index in [4.69, 9.17) is 0 Å². The highest BCUT2D eigenvalue weighted by molar-refractivity contribution is 9.10. The minimum atomic E-state index is -0.242. The zero-order valence-corrected chi connectivity index (χ0v) is 10.9. The van der Waals surface area contributed by atoms with Crippen molar-refractivity contribution in [2.45, 2.75) is 6.92 Å². The van der Waals surface area contributed by atoms with Crippen LogP contribution >= 0.6 is 15.9 Å². The topological polar surface area (TPSA) is 29.0 Å². The highest BCUT2D eigenvalue weighted by Crippen LogP contribution is 2.24. The molecule has 0 spiro atoms. The van der Waals surface area contributed by atoms with Crippen molar-refractivity contribution in [3.8, 4) is 0 Å². The molecule has 0 saturated heterocycles. The lowest BCUT2D eigenvalue weighted by Gasteiger charge is -2.21. The van der Waals surface area contributed by atoms with E-state index in [1.54, 1.807) is 12.1 Å². The van der Waals surface area contributed by atoms with E-state index >= 15 is 0 Å². The Morgan fingerprint density at radius 3 is 2.53 bits per heavy atom. The lowest BCUT2D eigenvalue weighted by Crippen LogP contribution is -2.17. The van der Waals surface area contributed by atoms with Crippen molar-refractivity contribution in [3.05, 3.63) is 47.1 Å². The molecule has 88 valence electrons. The number of nitrogens with zero attached hydrogens (tertiary/aromatic N) is 3. The second kappa shape index (κ2) is 5.23. The first kappa shape index (κ1) is 12.0. The molecule has 0 radical (unpaired) electrons. The van der Waals surface area contributed by atoms with Crippen molar-refractivity contribution < 1.29 is 4.39 Å². The van der Waals surface area contributed by atoms with Crippen LogP contribution in [-0.2, 0) is 0 Å². The third-order valence-electron chi connectivity index (χ3n) is 2.35. The SMILES string of the molecule is CCN(c1ccc(F)cc1)c1cc(Br)ncn1. The first-order valence-electron chi connectivity index (χ1n) is 5.21. The van der Waals surface area contributed by atoms with Crippen LogP contribution in [0.2, 0.25) is 0 Å². The van der Waals surface area contributed by atoms with Crippen LogP contribution in [0.5, 0.6) is 0 Å². The monoisotopic (exact) mass is 295 g/mol. The smallest absolute Gasteiger partial charge is 0.137 e. The van der Waals surface area contributed by atoms with Gasteiger partial charge >= 0.3 is 0 Å². The maximum Gasteiger partial charge on any atom is 0.137 e. The van der Waals surface area contributed by atoms with Gasteiger partial charge in [-0.1, -0.05) is 0 Å². The van der Waals surface area contributed by atoms with Gasteiger partial charge in [0.15, 0.2) is 0 Å². The Kier molecular flexibility index (Phi) is 3.68. The molecule has 1 aromatic carbocycles. The molecule has 0 unspecified atom stereocenters. The summed E-state index contributed by atoms with van der Waals surface area (Å²) in [7, 11) is 0. The van der Waals surface area contributed by atoms with Crippen LogP contribution in [0.3, 0.4) is 0 Å². The molecule has 3 nitrogen and oxygen atoms in total. The summed E-state index contributed by atoms with van der Waals surface area (Å²) in [4.78, 5) is 10.2. The second-order valence-corrected chi connectivity index (χ2v) is 4.23. The molecule has 0 N–H and O–H groups in total. The zero-order chi connectivity index (χ0) is 12.3. The summed E-state index contributed by atoms with van der Waals surface area (Å²) in [6.07, 6.45) is 1.49. The van der Waals surface area contributed by atoms with Crippen LogP contribution in [0.4, 0.5) is 15.9 Å². The molecular weight excluding hydrogens is 285 g/mol. The maximum atomic E-state index is 12.9. The fourth-order valence-corrected chi connectivity index (χ4v) is 1.87. The molecule has 1 aromatic heterocycles. The van der Waals surface area contributed by atoms with Crippen molar-refractivity contribution in [1.82, 2.24) is 9.97 Å². The Balaban J connectivity index is 2.36. The highest BCUT2D eigenvalue weighted by atomic mass is 79.9. The van der Waals surface area contributed by atoms with Gasteiger partial charge in [0.25, 0.3) is 0 Å². The molecule has 0 aliphatic carbocycles. The van der Waals surface area contributed by atoms with Gasteiger partial charge in [0.2, 0.25) is 0 Å². The largest absolute Gasteiger partial charge is 0.327 e. The number of hydrogen-bond acceptors (Lipinski definition) is 3. The Hall–Kier alpha value is -1.49. The summed E-state index contributed by atoms with van der Waals surface area (Å²) in [5, 5.41) is 0. The Labute approximate surface area is 107 Å². The van der Waals surface area contributed by atoms with Crippen LogP contribution in [0, 0.1) is 5.82 Å². The van der Waals surface area contributed by atoms with E-state index < -0.39 is 0 Å². The number of rotatable bonds is 3. The number of aromatic nitrogens is 2. The van der Waals surface area contributed by atoms with Crippen LogP contribution in [0.1, 0.15) is 6.92 Å². The van der Waals surface area contributed by atoms with Crippen molar-refractivity contribution in [3.63, 3.8) is 0 Å². The van der Waals surface area contributed by atoms with Crippen molar-refractivity contribution >= 4 is 27.4 Å². The van der Waals surface area contributed by atoms with Gasteiger partial charge in [-0.3, -0.25) is 0 Å². The Morgan fingerprint density at radius 1 is 1.24 bits per heavy atom. The normalized spacial score (nSPS) is 10.3. The van der Waals surface area contributed by atoms with Crippen LogP contribution in [-0.4, -0.2) is 16.5 Å². The van der Waals surface area contributed by atoms with E-state index in [1.165, 1.54) is 18.5 Å². The number of halogens is 2. The summed E-state index contributed by atoms with van der Waals surface area (Å²) in [6.45, 7) is 2.76. The van der Waals surface area contributed by atoms with E-state index in [2.05, 4.69) is 25.9 Å². The molecule has 0 atom stereocenters. The van der Waals surface area contributed by atoms with Crippen molar-refractivity contribution in [1.29, 1.82) is 0 Å². The molecule has 0 saturated carbocycles. The summed E-state index contributed by atoms with van der Waals surface area (Å²) in [5.41, 5.74) is 0.902. The molecule has 0 bridgehead atoms. The fraction of sp³-hybridized carbons (Fsp3) is 0.167. The van der Waals surface area contributed by atoms with Gasteiger partial charge in [-0.25, -0.2) is 14.4 Å². The molecule has 0 amide bonds. The average Bonchev–Trinajstić information content (AvgIpc) is 2.33. The molecule has 2 rings (SSSR count). The predicted molar refractivity (Wildman–Crippen MR) is 68.8 cm³/mol. The molecule has 17 heavy (non-hydrogen) atoms. The van der Waals surface area contributed by atoms with Gasteiger partial charge in [-0.15, -0.1) is 0 Å². The van der Waals surface area contributed by atoms with Gasteiger partial charge in [-0.05, 0) is 47.1 Å². The van der Waals surface area contributed by atoms with E-state index in [0.717, 1.165) is 22.7 Å². The number of benzene rings is 1. The summed E-state index contributed by atoms with van der Waals surface area (Å²) in [6, 6.07) is 8.17. The molecule has 0 aliphatic rings. The maximum absolute atomic E-state index is 12.9. The molecule has 2 aromatic rings. The molecular formula is C12H11BrFN3. The zero-order valence-electron chi connectivity index (χ0n) is 9.27. The van der Waals surface area contributed by atoms with Crippen molar-refractivity contribution in [2.75, 3.05) is 11.4 Å². The standard InChI is InChI=1S/C12H11BrFN3/c1-2-17(10-5-3-9(14)4-6-10)12-7-11(13)15-8-16-12/h3-8H,2H2,1H3. The molecule has 1 heterocycles. The van der Waals surface area contributed by atoms with Crippen LogP contribution < -0.4 is 4.90 Å². The van der Waals surface area contributed by atoms with Gasteiger partial charge < -0.3 is 4.90 Å². The van der Waals surface area contributed by atoms with E-state index in [0.29, 0.717) is 0 Å². The fourth-order valence-electron chi connectivity index (χ4n) is 1.57. The quantitative estimate of drug-likeness (QED) is 0.811. The lowest BCUT2D eigenvalue weighted by atomic mass is 10.2. The third-order valence-corrected chi connectivity index (χ3v) is 2.78. The Bertz CT molecular complexity index is 501. The van der Waals surface area contributed by atoms with Crippen LogP contribution in [0.25, 0.3) is 0 Å². The second-order valence-electron chi connectivity index (χ2n) is 3.42. The Morgan fingerprint density at radius 2 is 1.94 bits per heavy atom. The highest BCUT2D eigenvalue weighted by Gasteiger charge is 2.09. The van der Waals surface area contributed by atoms with Gasteiger partial charge in [0.05, 0.1) is 0 Å². The first-order valence-corrected chi connectivity index (χ1v) is 6.00. The van der Waals surface area contributed by atoms with E-state index in [1.807, 2.05) is 17.9 Å². The number of anilines is 2. The minimum absolute atomic E-state index is 0.242. The van der Waals surface area contributed by atoms with Gasteiger partial charge in [-0.2, -0.15) is 0 Å². The third kappa shape index (κ3) is 2.79. The molecule has 0 fully saturated rings. The molecule has 5 heteroatoms. The lowest BCUT2D eigenvalue weighted by molar-refractivity contribution is 0.628. The first-order chi connectivity index (χ1) is 8.20. The van der Waals surface area contributed by atoms with Gasteiger partial charge in [0.1, 0.15) is 22.6 Å².